The molecule has 0 atom stereocenters. The molecular formula is C18H17BrN4O4. The molecule has 0 bridgehead atoms. The molecule has 0 aromatic heterocycles. The van der Waals surface area contributed by atoms with Gasteiger partial charge in [-0.25, -0.2) is 5.43 Å². The number of amides is 2. The zero-order chi connectivity index (χ0) is 19.8. The second-order valence-corrected chi connectivity index (χ2v) is 6.38. The first-order valence-electron chi connectivity index (χ1n) is 7.99. The van der Waals surface area contributed by atoms with Crippen LogP contribution in [0.1, 0.15) is 29.3 Å². The van der Waals surface area contributed by atoms with Crippen molar-refractivity contribution in [1.82, 2.24) is 10.7 Å². The van der Waals surface area contributed by atoms with Gasteiger partial charge >= 0.3 is 0 Å². The third kappa shape index (κ3) is 6.00. The normalized spacial score (nSPS) is 11.0. The fraction of sp³-hybridized carbons (Fsp3) is 0.167. The molecule has 0 radical (unpaired) electrons. The number of hydrogen-bond acceptors (Lipinski definition) is 5. The van der Waals surface area contributed by atoms with Crippen molar-refractivity contribution in [1.29, 1.82) is 0 Å². The lowest BCUT2D eigenvalue weighted by atomic mass is 10.1. The van der Waals surface area contributed by atoms with Gasteiger partial charge in [-0.3, -0.25) is 19.7 Å². The number of nitro groups is 1. The maximum atomic E-state index is 12.0. The van der Waals surface area contributed by atoms with Gasteiger partial charge < -0.3 is 5.32 Å². The first-order chi connectivity index (χ1) is 12.9. The predicted molar refractivity (Wildman–Crippen MR) is 105 cm³/mol. The molecule has 0 unspecified atom stereocenters. The van der Waals surface area contributed by atoms with Crippen molar-refractivity contribution in [2.75, 3.05) is 6.54 Å². The number of benzene rings is 2. The standard InChI is InChI=1S/C18H17BrN4O4/c1-12(13-6-8-14(9-7-13)23(26)27)21-22-17(24)10-11-20-18(25)15-4-2-3-5-16(15)19/h2-9H,10-11H2,1H3,(H,20,25)(H,22,24)/b21-12-. The molecule has 0 saturated carbocycles. The summed E-state index contributed by atoms with van der Waals surface area (Å²) in [7, 11) is 0. The fourth-order valence-electron chi connectivity index (χ4n) is 2.12. The van der Waals surface area contributed by atoms with Crippen molar-refractivity contribution in [2.24, 2.45) is 5.10 Å². The Morgan fingerprint density at radius 3 is 2.44 bits per heavy atom. The number of non-ortho nitro benzene ring substituents is 1. The van der Waals surface area contributed by atoms with E-state index in [1.165, 1.54) is 12.1 Å². The number of hydrogen-bond donors (Lipinski definition) is 2. The van der Waals surface area contributed by atoms with Crippen LogP contribution in [0.25, 0.3) is 0 Å². The van der Waals surface area contributed by atoms with E-state index in [1.54, 1.807) is 43.3 Å². The van der Waals surface area contributed by atoms with Crippen LogP contribution in [0.5, 0.6) is 0 Å². The summed E-state index contributed by atoms with van der Waals surface area (Å²) in [6.07, 6.45) is 0.0627. The zero-order valence-electron chi connectivity index (χ0n) is 14.4. The van der Waals surface area contributed by atoms with Gasteiger partial charge in [0.2, 0.25) is 5.91 Å². The monoisotopic (exact) mass is 432 g/mol. The lowest BCUT2D eigenvalue weighted by molar-refractivity contribution is -0.384. The molecule has 0 fully saturated rings. The quantitative estimate of drug-likeness (QED) is 0.397. The van der Waals surface area contributed by atoms with Crippen molar-refractivity contribution in [3.8, 4) is 0 Å². The van der Waals surface area contributed by atoms with Gasteiger partial charge in [0.1, 0.15) is 0 Å². The third-order valence-corrected chi connectivity index (χ3v) is 4.29. The molecule has 2 aromatic carbocycles. The number of rotatable bonds is 7. The van der Waals surface area contributed by atoms with Gasteiger partial charge in [-0.15, -0.1) is 0 Å². The van der Waals surface area contributed by atoms with Crippen LogP contribution >= 0.6 is 15.9 Å². The van der Waals surface area contributed by atoms with Gasteiger partial charge in [-0.05, 0) is 52.7 Å². The Morgan fingerprint density at radius 1 is 1.15 bits per heavy atom. The van der Waals surface area contributed by atoms with Gasteiger partial charge in [0.05, 0.1) is 16.2 Å². The van der Waals surface area contributed by atoms with Crippen LogP contribution in [-0.2, 0) is 4.79 Å². The summed E-state index contributed by atoms with van der Waals surface area (Å²) < 4.78 is 0.676. The fourth-order valence-corrected chi connectivity index (χ4v) is 2.59. The molecule has 8 nitrogen and oxygen atoms in total. The minimum Gasteiger partial charge on any atom is -0.351 e. The molecule has 9 heteroatoms. The molecule has 2 aromatic rings. The molecular weight excluding hydrogens is 416 g/mol. The van der Waals surface area contributed by atoms with Crippen LogP contribution in [0.2, 0.25) is 0 Å². The highest BCUT2D eigenvalue weighted by molar-refractivity contribution is 9.10. The average Bonchev–Trinajstić information content (AvgIpc) is 2.66. The van der Waals surface area contributed by atoms with E-state index >= 15 is 0 Å². The van der Waals surface area contributed by atoms with Crippen LogP contribution in [0.15, 0.2) is 58.1 Å². The third-order valence-electron chi connectivity index (χ3n) is 3.60. The number of nitrogens with one attached hydrogen (secondary N) is 2. The van der Waals surface area contributed by atoms with Crippen LogP contribution < -0.4 is 10.7 Å². The Bertz CT molecular complexity index is 881. The van der Waals surface area contributed by atoms with Crippen LogP contribution in [0.3, 0.4) is 0 Å². The molecule has 140 valence electrons. The van der Waals surface area contributed by atoms with E-state index in [9.17, 15) is 19.7 Å². The number of nitro benzene ring substituents is 1. The summed E-state index contributed by atoms with van der Waals surface area (Å²) >= 11 is 3.30. The molecule has 0 spiro atoms. The minimum atomic E-state index is -0.486. The van der Waals surface area contributed by atoms with Crippen molar-refractivity contribution < 1.29 is 14.5 Å². The summed E-state index contributed by atoms with van der Waals surface area (Å²) in [5.74, 6) is -0.635. The molecule has 2 amide bonds. The first kappa shape index (κ1) is 20.2. The lowest BCUT2D eigenvalue weighted by Crippen LogP contribution is -2.29. The van der Waals surface area contributed by atoms with E-state index < -0.39 is 4.92 Å². The van der Waals surface area contributed by atoms with Gasteiger partial charge in [-0.1, -0.05) is 12.1 Å². The Balaban J connectivity index is 1.81. The van der Waals surface area contributed by atoms with Crippen LogP contribution in [0.4, 0.5) is 5.69 Å². The smallest absolute Gasteiger partial charge is 0.269 e. The Kier molecular flexibility index (Phi) is 7.18. The summed E-state index contributed by atoms with van der Waals surface area (Å²) in [6.45, 7) is 1.84. The van der Waals surface area contributed by atoms with E-state index in [4.69, 9.17) is 0 Å². The molecule has 0 saturated heterocycles. The maximum Gasteiger partial charge on any atom is 0.269 e. The highest BCUT2D eigenvalue weighted by atomic mass is 79.9. The largest absolute Gasteiger partial charge is 0.351 e. The zero-order valence-corrected chi connectivity index (χ0v) is 16.0. The maximum absolute atomic E-state index is 12.0. The number of halogens is 1. The minimum absolute atomic E-state index is 0.0172. The molecule has 27 heavy (non-hydrogen) atoms. The summed E-state index contributed by atoms with van der Waals surface area (Å²) in [4.78, 5) is 34.0. The average molecular weight is 433 g/mol. The second-order valence-electron chi connectivity index (χ2n) is 5.52. The highest BCUT2D eigenvalue weighted by Crippen LogP contribution is 2.15. The first-order valence-corrected chi connectivity index (χ1v) is 8.78. The van der Waals surface area contributed by atoms with Crippen molar-refractivity contribution >= 4 is 39.1 Å². The number of hydrazone groups is 1. The second kappa shape index (κ2) is 9.58. The van der Waals surface area contributed by atoms with E-state index in [-0.39, 0.29) is 30.5 Å². The van der Waals surface area contributed by atoms with Crippen molar-refractivity contribution in [3.05, 3.63) is 74.2 Å². The highest BCUT2D eigenvalue weighted by Gasteiger charge is 2.10. The van der Waals surface area contributed by atoms with Gasteiger partial charge in [0, 0.05) is 29.6 Å². The van der Waals surface area contributed by atoms with Gasteiger partial charge in [0.15, 0.2) is 0 Å². The van der Waals surface area contributed by atoms with E-state index in [1.807, 2.05) is 0 Å². The van der Waals surface area contributed by atoms with Gasteiger partial charge in [-0.2, -0.15) is 5.10 Å². The SMILES string of the molecule is C/C(=N/NC(=O)CCNC(=O)c1ccccc1Br)c1ccc([N+](=O)[O-])cc1. The van der Waals surface area contributed by atoms with Crippen molar-refractivity contribution in [3.63, 3.8) is 0 Å². The number of carbonyl (C=O) groups excluding carboxylic acids is 2. The Morgan fingerprint density at radius 2 is 1.81 bits per heavy atom. The Hall–Kier alpha value is -3.07. The number of nitrogens with zero attached hydrogens (tertiary/aromatic N) is 2. The Labute approximate surface area is 163 Å². The summed E-state index contributed by atoms with van der Waals surface area (Å²) in [5.41, 5.74) is 4.04. The molecule has 2 rings (SSSR count). The predicted octanol–water partition coefficient (Wildman–Crippen LogP) is 3.02. The molecule has 0 aliphatic heterocycles. The molecule has 0 aliphatic carbocycles. The summed E-state index contributed by atoms with van der Waals surface area (Å²) in [5, 5.41) is 17.3. The lowest BCUT2D eigenvalue weighted by Gasteiger charge is -2.06. The molecule has 0 heterocycles. The van der Waals surface area contributed by atoms with Crippen LogP contribution in [-0.4, -0.2) is 29.0 Å². The van der Waals surface area contributed by atoms with E-state index in [2.05, 4.69) is 31.8 Å². The van der Waals surface area contributed by atoms with Crippen molar-refractivity contribution in [2.45, 2.75) is 13.3 Å². The molecule has 2 N–H and O–H groups in total. The summed E-state index contributed by atoms with van der Waals surface area (Å²) in [6, 6.07) is 12.8. The topological polar surface area (TPSA) is 114 Å². The van der Waals surface area contributed by atoms with Gasteiger partial charge in [0.25, 0.3) is 11.6 Å². The number of carbonyl (C=O) groups is 2. The van der Waals surface area contributed by atoms with E-state index in [0.717, 1.165) is 0 Å². The molecule has 0 aliphatic rings. The van der Waals surface area contributed by atoms with E-state index in [0.29, 0.717) is 21.3 Å². The van der Waals surface area contributed by atoms with Crippen LogP contribution in [0, 0.1) is 10.1 Å².